The number of nitrogens with one attached hydrogen (secondary N) is 2. The SMILES string of the molecule is C=CCNC(=NCc1nc(C)cs1)NCCCOCC1CC1.I. The maximum absolute atomic E-state index is 5.63. The van der Waals surface area contributed by atoms with Gasteiger partial charge >= 0.3 is 0 Å². The van der Waals surface area contributed by atoms with Gasteiger partial charge in [-0.1, -0.05) is 6.08 Å². The average Bonchev–Trinajstić information content (AvgIpc) is 3.25. The topological polar surface area (TPSA) is 58.5 Å². The fourth-order valence-electron chi connectivity index (χ4n) is 1.88. The molecule has 1 fully saturated rings. The van der Waals surface area contributed by atoms with Crippen LogP contribution in [-0.2, 0) is 11.3 Å². The summed E-state index contributed by atoms with van der Waals surface area (Å²) >= 11 is 1.64. The van der Waals surface area contributed by atoms with E-state index in [-0.39, 0.29) is 24.0 Å². The minimum absolute atomic E-state index is 0. The molecule has 0 atom stereocenters. The second-order valence-electron chi connectivity index (χ2n) is 5.52. The van der Waals surface area contributed by atoms with Crippen LogP contribution < -0.4 is 10.6 Å². The van der Waals surface area contributed by atoms with Crippen LogP contribution >= 0.6 is 35.3 Å². The van der Waals surface area contributed by atoms with E-state index >= 15 is 0 Å². The Morgan fingerprint density at radius 3 is 3.00 bits per heavy atom. The lowest BCUT2D eigenvalue weighted by Gasteiger charge is -2.11. The number of ether oxygens (including phenoxy) is 1. The Morgan fingerprint density at radius 2 is 2.35 bits per heavy atom. The largest absolute Gasteiger partial charge is 0.381 e. The molecule has 2 N–H and O–H groups in total. The Labute approximate surface area is 160 Å². The summed E-state index contributed by atoms with van der Waals surface area (Å²) in [6.07, 6.45) is 5.49. The van der Waals surface area contributed by atoms with Crippen LogP contribution in [-0.4, -0.2) is 37.2 Å². The van der Waals surface area contributed by atoms with Gasteiger partial charge < -0.3 is 15.4 Å². The molecular formula is C16H27IN4OS. The quantitative estimate of drug-likeness (QED) is 0.189. The molecule has 1 heterocycles. The van der Waals surface area contributed by atoms with E-state index in [1.54, 1.807) is 11.3 Å². The van der Waals surface area contributed by atoms with Gasteiger partial charge in [-0.05, 0) is 32.1 Å². The molecule has 5 nitrogen and oxygen atoms in total. The second kappa shape index (κ2) is 11.8. The van der Waals surface area contributed by atoms with Crippen molar-refractivity contribution in [3.05, 3.63) is 28.7 Å². The highest BCUT2D eigenvalue weighted by Crippen LogP contribution is 2.28. The number of aryl methyl sites for hydroxylation is 1. The van der Waals surface area contributed by atoms with Crippen LogP contribution in [0.1, 0.15) is 30.0 Å². The zero-order valence-electron chi connectivity index (χ0n) is 13.7. The highest BCUT2D eigenvalue weighted by Gasteiger charge is 2.20. The van der Waals surface area contributed by atoms with E-state index in [9.17, 15) is 0 Å². The summed E-state index contributed by atoms with van der Waals surface area (Å²) in [5.74, 6) is 1.64. The maximum atomic E-state index is 5.63. The van der Waals surface area contributed by atoms with Gasteiger partial charge in [0.1, 0.15) is 5.01 Å². The Hall–Kier alpha value is -0.670. The highest BCUT2D eigenvalue weighted by atomic mass is 127. The number of hydrogen-bond donors (Lipinski definition) is 2. The lowest BCUT2D eigenvalue weighted by atomic mass is 10.4. The van der Waals surface area contributed by atoms with Crippen molar-refractivity contribution in [1.29, 1.82) is 0 Å². The third-order valence-electron chi connectivity index (χ3n) is 3.26. The van der Waals surface area contributed by atoms with E-state index < -0.39 is 0 Å². The molecule has 2 rings (SSSR count). The molecule has 0 unspecified atom stereocenters. The van der Waals surface area contributed by atoms with Gasteiger partial charge in [-0.25, -0.2) is 9.98 Å². The molecule has 0 saturated heterocycles. The Balaban J connectivity index is 0.00000264. The lowest BCUT2D eigenvalue weighted by molar-refractivity contribution is 0.123. The summed E-state index contributed by atoms with van der Waals surface area (Å²) in [5.41, 5.74) is 1.05. The zero-order valence-corrected chi connectivity index (χ0v) is 16.9. The van der Waals surface area contributed by atoms with Crippen molar-refractivity contribution in [2.24, 2.45) is 10.9 Å². The average molecular weight is 450 g/mol. The van der Waals surface area contributed by atoms with Gasteiger partial charge in [0.15, 0.2) is 5.96 Å². The van der Waals surface area contributed by atoms with Gasteiger partial charge in [-0.2, -0.15) is 0 Å². The molecule has 0 bridgehead atoms. The monoisotopic (exact) mass is 450 g/mol. The molecule has 1 aromatic heterocycles. The minimum Gasteiger partial charge on any atom is -0.381 e. The van der Waals surface area contributed by atoms with E-state index in [0.29, 0.717) is 13.1 Å². The third-order valence-corrected chi connectivity index (χ3v) is 4.21. The Morgan fingerprint density at radius 1 is 1.52 bits per heavy atom. The van der Waals surface area contributed by atoms with Crippen LogP contribution in [0.4, 0.5) is 0 Å². The maximum Gasteiger partial charge on any atom is 0.191 e. The molecule has 0 radical (unpaired) electrons. The van der Waals surface area contributed by atoms with Crippen LogP contribution in [0.25, 0.3) is 0 Å². The molecule has 1 saturated carbocycles. The van der Waals surface area contributed by atoms with Crippen LogP contribution in [0.5, 0.6) is 0 Å². The fourth-order valence-corrected chi connectivity index (χ4v) is 2.58. The molecule has 1 aromatic rings. The molecule has 1 aliphatic rings. The van der Waals surface area contributed by atoms with Crippen molar-refractivity contribution in [2.45, 2.75) is 32.7 Å². The molecule has 1 aliphatic carbocycles. The molecule has 23 heavy (non-hydrogen) atoms. The first-order valence-electron chi connectivity index (χ1n) is 7.89. The van der Waals surface area contributed by atoms with Crippen LogP contribution in [0.2, 0.25) is 0 Å². The molecule has 0 amide bonds. The van der Waals surface area contributed by atoms with Crippen molar-refractivity contribution in [3.8, 4) is 0 Å². The first kappa shape index (κ1) is 20.4. The first-order valence-corrected chi connectivity index (χ1v) is 8.77. The van der Waals surface area contributed by atoms with Gasteiger partial charge in [0, 0.05) is 37.4 Å². The molecule has 0 aliphatic heterocycles. The standard InChI is InChI=1S/C16H26N4OS.HI/c1-3-7-17-16(19-10-15-20-13(2)12-22-15)18-8-4-9-21-11-14-5-6-14;/h3,12,14H,1,4-11H2,2H3,(H2,17,18,19);1H. The van der Waals surface area contributed by atoms with Gasteiger partial charge in [-0.15, -0.1) is 41.9 Å². The molecule has 0 aromatic carbocycles. The van der Waals surface area contributed by atoms with Gasteiger partial charge in [0.05, 0.1) is 6.54 Å². The number of aromatic nitrogens is 1. The molecule has 0 spiro atoms. The van der Waals surface area contributed by atoms with Crippen molar-refractivity contribution >= 4 is 41.3 Å². The fraction of sp³-hybridized carbons (Fsp3) is 0.625. The number of nitrogens with zero attached hydrogens (tertiary/aromatic N) is 2. The van der Waals surface area contributed by atoms with Crippen LogP contribution in [0.15, 0.2) is 23.0 Å². The molecule has 7 heteroatoms. The minimum atomic E-state index is 0. The van der Waals surface area contributed by atoms with Crippen LogP contribution in [0.3, 0.4) is 0 Å². The predicted molar refractivity (Wildman–Crippen MR) is 108 cm³/mol. The van der Waals surface area contributed by atoms with E-state index in [1.807, 2.05) is 18.4 Å². The molecule has 130 valence electrons. The Kier molecular flexibility index (Phi) is 10.5. The lowest BCUT2D eigenvalue weighted by Crippen LogP contribution is -2.38. The number of guanidine groups is 1. The highest BCUT2D eigenvalue weighted by molar-refractivity contribution is 14.0. The zero-order chi connectivity index (χ0) is 15.6. The summed E-state index contributed by atoms with van der Waals surface area (Å²) in [7, 11) is 0. The van der Waals surface area contributed by atoms with Gasteiger partial charge in [0.2, 0.25) is 0 Å². The third kappa shape index (κ3) is 9.26. The first-order chi connectivity index (χ1) is 10.8. The summed E-state index contributed by atoms with van der Waals surface area (Å²) in [6.45, 7) is 9.61. The number of halogens is 1. The predicted octanol–water partition coefficient (Wildman–Crippen LogP) is 3.11. The van der Waals surface area contributed by atoms with Gasteiger partial charge in [0.25, 0.3) is 0 Å². The van der Waals surface area contributed by atoms with Crippen molar-refractivity contribution in [2.75, 3.05) is 26.3 Å². The van der Waals surface area contributed by atoms with E-state index in [4.69, 9.17) is 4.74 Å². The number of rotatable bonds is 10. The summed E-state index contributed by atoms with van der Waals surface area (Å²) in [6, 6.07) is 0. The Bertz CT molecular complexity index is 488. The van der Waals surface area contributed by atoms with E-state index in [0.717, 1.165) is 48.8 Å². The number of thiazole rings is 1. The van der Waals surface area contributed by atoms with Gasteiger partial charge in [-0.3, -0.25) is 0 Å². The summed E-state index contributed by atoms with van der Waals surface area (Å²) in [5, 5.41) is 9.63. The summed E-state index contributed by atoms with van der Waals surface area (Å²) in [4.78, 5) is 8.98. The van der Waals surface area contributed by atoms with Crippen molar-refractivity contribution in [1.82, 2.24) is 15.6 Å². The summed E-state index contributed by atoms with van der Waals surface area (Å²) < 4.78 is 5.63. The number of aliphatic imine (C=N–C) groups is 1. The second-order valence-corrected chi connectivity index (χ2v) is 6.46. The van der Waals surface area contributed by atoms with E-state index in [2.05, 4.69) is 27.2 Å². The smallest absolute Gasteiger partial charge is 0.191 e. The molecular weight excluding hydrogens is 423 g/mol. The van der Waals surface area contributed by atoms with Crippen LogP contribution in [0, 0.1) is 12.8 Å². The van der Waals surface area contributed by atoms with E-state index in [1.165, 1.54) is 12.8 Å². The van der Waals surface area contributed by atoms with Crippen molar-refractivity contribution < 1.29 is 4.74 Å². The van der Waals surface area contributed by atoms with Crippen molar-refractivity contribution in [3.63, 3.8) is 0 Å². The normalized spacial score (nSPS) is 14.2. The number of hydrogen-bond acceptors (Lipinski definition) is 4.